The fourth-order valence-electron chi connectivity index (χ4n) is 0. The van der Waals surface area contributed by atoms with Gasteiger partial charge in [0.2, 0.25) is 0 Å². The summed E-state index contributed by atoms with van der Waals surface area (Å²) in [6, 6.07) is 0. The van der Waals surface area contributed by atoms with Crippen molar-refractivity contribution in [2.45, 2.75) is 0 Å². The molecule has 0 saturated heterocycles. The van der Waals surface area contributed by atoms with Crippen molar-refractivity contribution in [1.82, 2.24) is 0 Å². The van der Waals surface area contributed by atoms with Gasteiger partial charge in [0.25, 0.3) is 0 Å². The molecule has 0 aromatic heterocycles. The van der Waals surface area contributed by atoms with Gasteiger partial charge in [-0.25, -0.2) is 0 Å². The summed E-state index contributed by atoms with van der Waals surface area (Å²) in [4.78, 5) is 0. The summed E-state index contributed by atoms with van der Waals surface area (Å²) in [6.07, 6.45) is 0. The summed E-state index contributed by atoms with van der Waals surface area (Å²) in [5, 5.41) is 7.03. The maximum atomic E-state index is 8.17. The molecule has 0 atom stereocenters. The van der Waals surface area contributed by atoms with Crippen LogP contribution in [0.4, 0.5) is 0 Å². The van der Waals surface area contributed by atoms with Gasteiger partial charge in [0.1, 0.15) is 0 Å². The zero-order chi connectivity index (χ0) is 4.71. The van der Waals surface area contributed by atoms with Crippen LogP contribution in [0.2, 0.25) is 0 Å². The Labute approximate surface area is 66.0 Å². The van der Waals surface area contributed by atoms with E-state index < -0.39 is 0 Å². The largest absolute Gasteiger partial charge is 0 e. The van der Waals surface area contributed by atoms with E-state index in [-0.39, 0.29) is 20.4 Å². The molecule has 0 rings (SSSR count). The monoisotopic (exact) mass is 209 g/mol. The van der Waals surface area contributed by atoms with Crippen LogP contribution in [-0.4, -0.2) is 38.1 Å². The molecular weight excluding hydrogens is 208 g/mol. The van der Waals surface area contributed by atoms with Crippen LogP contribution in [0.1, 0.15) is 0 Å². The first-order chi connectivity index (χ1) is 2.41. The summed E-state index contributed by atoms with van der Waals surface area (Å²) >= 11 is 2.80. The van der Waals surface area contributed by atoms with Gasteiger partial charge in [0, 0.05) is 20.4 Å². The first-order valence-corrected chi connectivity index (χ1v) is 1.60. The third-order valence-corrected chi connectivity index (χ3v) is 0. The zero-order valence-electron chi connectivity index (χ0n) is 2.73. The van der Waals surface area contributed by atoms with E-state index in [4.69, 9.17) is 9.06 Å². The van der Waals surface area contributed by atoms with Crippen LogP contribution >= 0.6 is 0 Å². The van der Waals surface area contributed by atoms with Crippen LogP contribution in [0.25, 0.3) is 0 Å². The molecule has 0 saturated carbocycles. The summed E-state index contributed by atoms with van der Waals surface area (Å²) in [7, 11) is 0. The van der Waals surface area contributed by atoms with Gasteiger partial charge in [-0.3, -0.25) is 5.26 Å². The van der Waals surface area contributed by atoms with E-state index in [1.54, 1.807) is 16.6 Å². The van der Waals surface area contributed by atoms with E-state index >= 15 is 0 Å². The maximum absolute atomic E-state index is 8.17. The van der Waals surface area contributed by atoms with Gasteiger partial charge >= 0.3 is 36.7 Å². The zero-order valence-corrected chi connectivity index (χ0v) is 6.60. The van der Waals surface area contributed by atoms with E-state index in [0.717, 1.165) is 0 Å². The second-order valence-corrected chi connectivity index (χ2v) is 0.316. The average molecular weight is 209 g/mol. The number of hydrogen-bond donors (Lipinski definition) is 1. The van der Waals surface area contributed by atoms with Crippen molar-refractivity contribution in [3.8, 4) is 0 Å². The Morgan fingerprint density at radius 1 is 1.50 bits per heavy atom. The van der Waals surface area contributed by atoms with E-state index in [1.165, 1.54) is 16.2 Å². The molecule has 0 heterocycles. The smallest absolute Gasteiger partial charge is 0 e. The molecule has 0 aromatic rings. The minimum atomic E-state index is 0. The molecule has 3 nitrogen and oxygen atoms in total. The predicted molar refractivity (Wildman–Crippen MR) is 15.9 cm³/mol. The molecule has 3 radical (unpaired) electrons. The van der Waals surface area contributed by atoms with Gasteiger partial charge in [0.05, 0.1) is 0 Å². The molecule has 0 spiro atoms. The average Bonchev–Trinajstić information content (AvgIpc) is 1.46. The summed E-state index contributed by atoms with van der Waals surface area (Å²) < 4.78 is 11.3. The molecule has 6 heteroatoms. The minimum absolute atomic E-state index is 0. The summed E-state index contributed by atoms with van der Waals surface area (Å²) in [6.45, 7) is 0. The van der Waals surface area contributed by atoms with Crippen molar-refractivity contribution >= 4 is 32.8 Å². The first kappa shape index (κ1) is 15.7. The van der Waals surface area contributed by atoms with Gasteiger partial charge in [-0.2, -0.15) is 0 Å². The van der Waals surface area contributed by atoms with Crippen LogP contribution < -0.4 is 0 Å². The van der Waals surface area contributed by atoms with Crippen LogP contribution in [0.5, 0.6) is 0 Å². The van der Waals surface area contributed by atoms with Crippen molar-refractivity contribution in [3.63, 3.8) is 0 Å². The van der Waals surface area contributed by atoms with Crippen molar-refractivity contribution in [3.05, 3.63) is 0 Å². The molecular formula is HAl2O3Pd. The minimum Gasteiger partial charge on any atom is 0 e. The van der Waals surface area contributed by atoms with Crippen LogP contribution in [0.3, 0.4) is 0 Å². The van der Waals surface area contributed by atoms with Crippen molar-refractivity contribution in [2.24, 2.45) is 0 Å². The van der Waals surface area contributed by atoms with E-state index in [0.29, 0.717) is 0 Å². The molecule has 0 unspecified atom stereocenters. The molecule has 0 amide bonds. The van der Waals surface area contributed by atoms with Gasteiger partial charge in [-0.05, 0) is 0 Å². The Morgan fingerprint density at radius 2 is 1.50 bits per heavy atom. The van der Waals surface area contributed by atoms with Gasteiger partial charge in [-0.1, -0.05) is 0 Å². The fraction of sp³-hybridized carbons (Fsp3) is 0. The SMILES string of the molecule is O[O][Al].[O]=[Al].[Pd]. The maximum Gasteiger partial charge on any atom is 0 e. The Morgan fingerprint density at radius 3 is 1.50 bits per heavy atom. The molecule has 0 bridgehead atoms. The standard InChI is InChI=1S/2Al.H2O2.O.Pd/c;;1-2;;/h;;1-2H;;/q;+1;;;/p-1. The third-order valence-electron chi connectivity index (χ3n) is 0. The van der Waals surface area contributed by atoms with E-state index in [9.17, 15) is 0 Å². The summed E-state index contributed by atoms with van der Waals surface area (Å²) in [5.41, 5.74) is 0. The molecule has 0 fully saturated rings. The Hall–Kier alpha value is 1.45. The molecule has 0 aromatic carbocycles. The molecule has 6 heavy (non-hydrogen) atoms. The van der Waals surface area contributed by atoms with Crippen molar-refractivity contribution < 1.29 is 33.4 Å². The normalized spacial score (nSPS) is 3.33. The first-order valence-electron chi connectivity index (χ1n) is 0.654. The molecule has 35 valence electrons. The quantitative estimate of drug-likeness (QED) is 0.318. The van der Waals surface area contributed by atoms with Crippen LogP contribution in [-0.2, 0) is 28.2 Å². The van der Waals surface area contributed by atoms with Gasteiger partial charge < -0.3 is 3.94 Å². The van der Waals surface area contributed by atoms with Gasteiger partial charge in [-0.15, -0.1) is 0 Å². The topological polar surface area (TPSA) is 46.5 Å². The number of hydrogen-bond acceptors (Lipinski definition) is 3. The molecule has 1 N–H and O–H groups in total. The van der Waals surface area contributed by atoms with Gasteiger partial charge in [0.15, 0.2) is 0 Å². The van der Waals surface area contributed by atoms with Crippen LogP contribution in [0.15, 0.2) is 0 Å². The summed E-state index contributed by atoms with van der Waals surface area (Å²) in [5.74, 6) is 0. The number of rotatable bonds is 0. The van der Waals surface area contributed by atoms with E-state index in [2.05, 4.69) is 3.94 Å². The second kappa shape index (κ2) is 31.9. The molecule has 0 aliphatic heterocycles. The predicted octanol–water partition coefficient (Wildman–Crippen LogP) is -0.943. The van der Waals surface area contributed by atoms with E-state index in [1.807, 2.05) is 0 Å². The molecule has 0 aliphatic carbocycles. The second-order valence-electron chi connectivity index (χ2n) is 0.105. The fourth-order valence-corrected chi connectivity index (χ4v) is 0. The molecule has 0 aliphatic rings. The Balaban J connectivity index is -0.0000000275. The van der Waals surface area contributed by atoms with Crippen molar-refractivity contribution in [2.75, 3.05) is 0 Å². The third kappa shape index (κ3) is 51.4. The Kier molecular flexibility index (Phi) is 83.3. The Bertz CT molecular complexity index is 12.8. The van der Waals surface area contributed by atoms with Crippen LogP contribution in [0, 0.1) is 0 Å². The van der Waals surface area contributed by atoms with Crippen molar-refractivity contribution in [1.29, 1.82) is 0 Å².